The molecule has 1 saturated heterocycles. The monoisotopic (exact) mass is 315 g/mol. The lowest BCUT2D eigenvalue weighted by atomic mass is 10.2. The predicted molar refractivity (Wildman–Crippen MR) is 73.7 cm³/mol. The number of benzene rings is 1. The molecule has 1 aromatic carbocycles. The highest BCUT2D eigenvalue weighted by Gasteiger charge is 2.29. The number of aryl methyl sites for hydroxylation is 1. The van der Waals surface area contributed by atoms with E-state index in [2.05, 4.69) is 0 Å². The molecule has 21 heavy (non-hydrogen) atoms. The number of carbonyl (C=O) groups is 1. The van der Waals surface area contributed by atoms with Gasteiger partial charge in [-0.2, -0.15) is 8.42 Å². The minimum absolute atomic E-state index is 0.0479. The molecule has 1 amide bonds. The van der Waals surface area contributed by atoms with Crippen molar-refractivity contribution in [2.75, 3.05) is 26.4 Å². The van der Waals surface area contributed by atoms with E-state index in [-0.39, 0.29) is 24.7 Å². The van der Waals surface area contributed by atoms with Crippen molar-refractivity contribution in [2.45, 2.75) is 17.9 Å². The summed E-state index contributed by atoms with van der Waals surface area (Å²) in [5, 5.41) is 9.05. The second-order valence-electron chi connectivity index (χ2n) is 4.76. The van der Waals surface area contributed by atoms with E-state index in [4.69, 9.17) is 14.0 Å². The smallest absolute Gasteiger partial charge is 0.407 e. The molecule has 116 valence electrons. The van der Waals surface area contributed by atoms with E-state index in [1.54, 1.807) is 12.1 Å². The quantitative estimate of drug-likeness (QED) is 0.836. The Labute approximate surface area is 123 Å². The molecule has 2 rings (SSSR count). The van der Waals surface area contributed by atoms with Crippen LogP contribution in [0.1, 0.15) is 5.56 Å². The van der Waals surface area contributed by atoms with Crippen molar-refractivity contribution >= 4 is 16.2 Å². The van der Waals surface area contributed by atoms with Gasteiger partial charge in [-0.15, -0.1) is 0 Å². The average Bonchev–Trinajstić information content (AvgIpc) is 2.46. The zero-order valence-corrected chi connectivity index (χ0v) is 12.4. The number of nitrogens with zero attached hydrogens (tertiary/aromatic N) is 1. The van der Waals surface area contributed by atoms with E-state index in [9.17, 15) is 13.2 Å². The lowest BCUT2D eigenvalue weighted by Crippen LogP contribution is -2.50. The first-order valence-corrected chi connectivity index (χ1v) is 7.84. The summed E-state index contributed by atoms with van der Waals surface area (Å²) in [6.45, 7) is 2.21. The van der Waals surface area contributed by atoms with Gasteiger partial charge in [-0.05, 0) is 19.1 Å². The summed E-state index contributed by atoms with van der Waals surface area (Å²) in [5.74, 6) is 0. The number of morpholine rings is 1. The van der Waals surface area contributed by atoms with Crippen LogP contribution in [0.3, 0.4) is 0 Å². The first-order chi connectivity index (χ1) is 9.90. The molecule has 0 aliphatic carbocycles. The van der Waals surface area contributed by atoms with Crippen molar-refractivity contribution in [3.63, 3.8) is 0 Å². The fourth-order valence-electron chi connectivity index (χ4n) is 1.99. The summed E-state index contributed by atoms with van der Waals surface area (Å²) in [5.41, 5.74) is 0.937. The number of amides is 1. The van der Waals surface area contributed by atoms with Crippen molar-refractivity contribution in [3.05, 3.63) is 29.8 Å². The van der Waals surface area contributed by atoms with E-state index in [1.165, 1.54) is 12.1 Å². The molecule has 1 fully saturated rings. The van der Waals surface area contributed by atoms with Gasteiger partial charge < -0.3 is 9.84 Å². The zero-order valence-electron chi connectivity index (χ0n) is 11.6. The Morgan fingerprint density at radius 2 is 2.10 bits per heavy atom. The minimum atomic E-state index is -3.90. The average molecular weight is 315 g/mol. The standard InChI is InChI=1S/C13H17NO6S/c1-10-2-4-12(5-3-10)21(17,18)20-9-11-8-19-7-6-14(11)13(15)16/h2-5,11H,6-9H2,1H3,(H,15,16). The van der Waals surface area contributed by atoms with Crippen LogP contribution in [0.25, 0.3) is 0 Å². The molecule has 8 heteroatoms. The van der Waals surface area contributed by atoms with Gasteiger partial charge in [0.1, 0.15) is 0 Å². The van der Waals surface area contributed by atoms with Crippen LogP contribution in [-0.2, 0) is 19.0 Å². The molecule has 1 heterocycles. The molecule has 0 spiro atoms. The maximum absolute atomic E-state index is 12.0. The van der Waals surface area contributed by atoms with Crippen molar-refractivity contribution in [3.8, 4) is 0 Å². The van der Waals surface area contributed by atoms with Gasteiger partial charge in [-0.25, -0.2) is 4.79 Å². The summed E-state index contributed by atoms with van der Waals surface area (Å²) >= 11 is 0. The van der Waals surface area contributed by atoms with Crippen molar-refractivity contribution in [1.82, 2.24) is 4.90 Å². The number of hydrogen-bond acceptors (Lipinski definition) is 5. The molecular weight excluding hydrogens is 298 g/mol. The van der Waals surface area contributed by atoms with Gasteiger partial charge in [-0.1, -0.05) is 17.7 Å². The predicted octanol–water partition coefficient (Wildman–Crippen LogP) is 1.08. The summed E-state index contributed by atoms with van der Waals surface area (Å²) in [4.78, 5) is 12.2. The van der Waals surface area contributed by atoms with E-state index in [0.29, 0.717) is 6.61 Å². The normalized spacial score (nSPS) is 19.5. The van der Waals surface area contributed by atoms with E-state index < -0.39 is 22.3 Å². The molecule has 1 N–H and O–H groups in total. The fraction of sp³-hybridized carbons (Fsp3) is 0.462. The van der Waals surface area contributed by atoms with Crippen LogP contribution in [0.5, 0.6) is 0 Å². The molecule has 1 atom stereocenters. The maximum atomic E-state index is 12.0. The third-order valence-electron chi connectivity index (χ3n) is 3.20. The van der Waals surface area contributed by atoms with E-state index >= 15 is 0 Å². The van der Waals surface area contributed by atoms with Crippen LogP contribution in [0.15, 0.2) is 29.2 Å². The van der Waals surface area contributed by atoms with Crippen LogP contribution in [0.2, 0.25) is 0 Å². The number of hydrogen-bond donors (Lipinski definition) is 1. The second-order valence-corrected chi connectivity index (χ2v) is 6.37. The largest absolute Gasteiger partial charge is 0.465 e. The Kier molecular flexibility index (Phi) is 4.81. The fourth-order valence-corrected chi connectivity index (χ4v) is 2.93. The van der Waals surface area contributed by atoms with Crippen molar-refractivity contribution < 1.29 is 27.2 Å². The summed E-state index contributed by atoms with van der Waals surface area (Å²) in [6.07, 6.45) is -1.11. The minimum Gasteiger partial charge on any atom is -0.465 e. The Balaban J connectivity index is 2.03. The summed E-state index contributed by atoms with van der Waals surface area (Å²) in [6, 6.07) is 5.62. The van der Waals surface area contributed by atoms with Crippen LogP contribution in [0, 0.1) is 6.92 Å². The molecular formula is C13H17NO6S. The number of ether oxygens (including phenoxy) is 1. The third-order valence-corrected chi connectivity index (χ3v) is 4.49. The molecule has 0 aromatic heterocycles. The Bertz CT molecular complexity index is 598. The van der Waals surface area contributed by atoms with E-state index in [0.717, 1.165) is 10.5 Å². The van der Waals surface area contributed by atoms with Gasteiger partial charge in [0.15, 0.2) is 0 Å². The van der Waals surface area contributed by atoms with Gasteiger partial charge in [-0.3, -0.25) is 9.08 Å². The van der Waals surface area contributed by atoms with Crippen molar-refractivity contribution in [2.24, 2.45) is 0 Å². The number of carboxylic acid groups (broad SMARTS) is 1. The SMILES string of the molecule is Cc1ccc(S(=O)(=O)OCC2COCCN2C(=O)O)cc1. The Morgan fingerprint density at radius 1 is 1.43 bits per heavy atom. The second kappa shape index (κ2) is 6.42. The lowest BCUT2D eigenvalue weighted by Gasteiger charge is -2.32. The first-order valence-electron chi connectivity index (χ1n) is 6.43. The van der Waals surface area contributed by atoms with Crippen LogP contribution in [-0.4, -0.2) is 56.9 Å². The maximum Gasteiger partial charge on any atom is 0.407 e. The molecule has 1 aliphatic heterocycles. The molecule has 1 unspecified atom stereocenters. The van der Waals surface area contributed by atoms with Crippen molar-refractivity contribution in [1.29, 1.82) is 0 Å². The van der Waals surface area contributed by atoms with Gasteiger partial charge in [0.2, 0.25) is 0 Å². The summed E-state index contributed by atoms with van der Waals surface area (Å²) in [7, 11) is -3.90. The molecule has 0 saturated carbocycles. The Morgan fingerprint density at radius 3 is 2.71 bits per heavy atom. The number of rotatable bonds is 4. The van der Waals surface area contributed by atoms with E-state index in [1.807, 2.05) is 6.92 Å². The highest BCUT2D eigenvalue weighted by atomic mass is 32.2. The van der Waals surface area contributed by atoms with Gasteiger partial charge in [0, 0.05) is 6.54 Å². The molecule has 0 bridgehead atoms. The zero-order chi connectivity index (χ0) is 15.5. The first kappa shape index (κ1) is 15.7. The lowest BCUT2D eigenvalue weighted by molar-refractivity contribution is -0.0140. The highest BCUT2D eigenvalue weighted by molar-refractivity contribution is 7.86. The summed E-state index contributed by atoms with van der Waals surface area (Å²) < 4.78 is 34.2. The molecule has 1 aliphatic rings. The van der Waals surface area contributed by atoms with Crippen LogP contribution in [0.4, 0.5) is 4.79 Å². The van der Waals surface area contributed by atoms with Gasteiger partial charge >= 0.3 is 6.09 Å². The van der Waals surface area contributed by atoms with Gasteiger partial charge in [0.25, 0.3) is 10.1 Å². The Hall–Kier alpha value is -1.64. The molecule has 1 aromatic rings. The third kappa shape index (κ3) is 3.93. The highest BCUT2D eigenvalue weighted by Crippen LogP contribution is 2.15. The molecule has 0 radical (unpaired) electrons. The van der Waals surface area contributed by atoms with Gasteiger partial charge in [0.05, 0.1) is 30.8 Å². The topological polar surface area (TPSA) is 93.1 Å². The molecule has 7 nitrogen and oxygen atoms in total. The van der Waals surface area contributed by atoms with Crippen LogP contribution < -0.4 is 0 Å². The van der Waals surface area contributed by atoms with Crippen LogP contribution >= 0.6 is 0 Å².